The van der Waals surface area contributed by atoms with Crippen molar-refractivity contribution in [2.75, 3.05) is 38.7 Å². The molecular weight excluding hydrogens is 463 g/mol. The number of halogens is 2. The SMILES string of the molecule is COc1cc2ncnc(Nc3ccc(F)c(Cl)c3)c2cc1OCCCCN1CC(=O)OC(C)C1. The van der Waals surface area contributed by atoms with E-state index in [-0.39, 0.29) is 17.1 Å². The zero-order chi connectivity index (χ0) is 24.1. The molecule has 0 radical (unpaired) electrons. The van der Waals surface area contributed by atoms with Crippen LogP contribution in [0.25, 0.3) is 10.9 Å². The van der Waals surface area contributed by atoms with Gasteiger partial charge in [-0.25, -0.2) is 14.4 Å². The molecule has 2 heterocycles. The maximum absolute atomic E-state index is 13.5. The van der Waals surface area contributed by atoms with Gasteiger partial charge in [0.2, 0.25) is 0 Å². The van der Waals surface area contributed by atoms with Crippen LogP contribution < -0.4 is 14.8 Å². The van der Waals surface area contributed by atoms with E-state index in [0.717, 1.165) is 31.3 Å². The molecule has 1 aromatic heterocycles. The molecule has 2 aromatic carbocycles. The second-order valence-corrected chi connectivity index (χ2v) is 8.49. The standard InChI is InChI=1S/C24H26ClFN4O4/c1-15-12-30(13-23(31)34-15)7-3-4-8-33-22-10-17-20(11-21(22)32-2)27-14-28-24(17)29-16-5-6-19(26)18(25)9-16/h5-6,9-11,14-15H,3-4,7-8,12-13H2,1-2H3,(H,27,28,29). The molecule has 180 valence electrons. The third-order valence-corrected chi connectivity index (χ3v) is 5.72. The number of fused-ring (bicyclic) bond motifs is 1. The minimum Gasteiger partial charge on any atom is -0.493 e. The molecule has 0 saturated carbocycles. The molecule has 1 atom stereocenters. The minimum atomic E-state index is -0.491. The van der Waals surface area contributed by atoms with Crippen LogP contribution in [0.4, 0.5) is 15.9 Å². The number of hydrogen-bond acceptors (Lipinski definition) is 8. The zero-order valence-electron chi connectivity index (χ0n) is 19.0. The van der Waals surface area contributed by atoms with E-state index >= 15 is 0 Å². The van der Waals surface area contributed by atoms with E-state index in [0.29, 0.717) is 41.7 Å². The van der Waals surface area contributed by atoms with Gasteiger partial charge in [0.15, 0.2) is 11.5 Å². The monoisotopic (exact) mass is 488 g/mol. The molecule has 1 N–H and O–H groups in total. The van der Waals surface area contributed by atoms with Crippen molar-refractivity contribution in [1.82, 2.24) is 14.9 Å². The lowest BCUT2D eigenvalue weighted by Crippen LogP contribution is -2.44. The van der Waals surface area contributed by atoms with E-state index in [1.54, 1.807) is 19.2 Å². The Hall–Kier alpha value is -3.17. The Labute approximate surface area is 202 Å². The molecule has 1 fully saturated rings. The summed E-state index contributed by atoms with van der Waals surface area (Å²) in [6.45, 7) is 4.27. The number of nitrogens with one attached hydrogen (secondary N) is 1. The normalized spacial score (nSPS) is 16.4. The van der Waals surface area contributed by atoms with Crippen LogP contribution in [0, 0.1) is 5.82 Å². The second-order valence-electron chi connectivity index (χ2n) is 8.09. The van der Waals surface area contributed by atoms with Gasteiger partial charge in [0.05, 0.1) is 30.8 Å². The Morgan fingerprint density at radius 3 is 2.85 bits per heavy atom. The summed E-state index contributed by atoms with van der Waals surface area (Å²) in [6, 6.07) is 7.98. The molecule has 10 heteroatoms. The zero-order valence-corrected chi connectivity index (χ0v) is 19.8. The Bertz CT molecular complexity index is 1180. The topological polar surface area (TPSA) is 85.8 Å². The minimum absolute atomic E-state index is 0.0185. The maximum atomic E-state index is 13.5. The smallest absolute Gasteiger partial charge is 0.320 e. The average Bonchev–Trinajstić information content (AvgIpc) is 2.80. The van der Waals surface area contributed by atoms with Crippen molar-refractivity contribution in [3.8, 4) is 11.5 Å². The van der Waals surface area contributed by atoms with Crippen molar-refractivity contribution in [2.24, 2.45) is 0 Å². The molecular formula is C24H26ClFN4O4. The van der Waals surface area contributed by atoms with E-state index in [1.807, 2.05) is 13.0 Å². The maximum Gasteiger partial charge on any atom is 0.320 e. The van der Waals surface area contributed by atoms with Gasteiger partial charge in [0.25, 0.3) is 0 Å². The van der Waals surface area contributed by atoms with Gasteiger partial charge in [0, 0.05) is 23.7 Å². The first kappa shape index (κ1) is 24.0. The highest BCUT2D eigenvalue weighted by Gasteiger charge is 2.22. The quantitative estimate of drug-likeness (QED) is 0.346. The fraction of sp³-hybridized carbons (Fsp3) is 0.375. The van der Waals surface area contributed by atoms with Crippen LogP contribution >= 0.6 is 11.6 Å². The number of carbonyl (C=O) groups excluding carboxylic acids is 1. The van der Waals surface area contributed by atoms with Crippen LogP contribution in [0.1, 0.15) is 19.8 Å². The summed E-state index contributed by atoms with van der Waals surface area (Å²) in [7, 11) is 1.57. The van der Waals surface area contributed by atoms with Crippen molar-refractivity contribution in [3.05, 3.63) is 47.5 Å². The molecule has 0 aliphatic carbocycles. The third-order valence-electron chi connectivity index (χ3n) is 5.43. The molecule has 0 spiro atoms. The summed E-state index contributed by atoms with van der Waals surface area (Å²) in [5.74, 6) is 1.00. The van der Waals surface area contributed by atoms with Gasteiger partial charge in [-0.05, 0) is 50.6 Å². The van der Waals surface area contributed by atoms with Crippen LogP contribution in [0.15, 0.2) is 36.7 Å². The Morgan fingerprint density at radius 1 is 1.24 bits per heavy atom. The van der Waals surface area contributed by atoms with Gasteiger partial charge in [0.1, 0.15) is 24.1 Å². The number of morpholine rings is 1. The van der Waals surface area contributed by atoms with Crippen LogP contribution in [-0.2, 0) is 9.53 Å². The number of esters is 1. The van der Waals surface area contributed by atoms with Crippen LogP contribution in [0.2, 0.25) is 5.02 Å². The molecule has 8 nitrogen and oxygen atoms in total. The second kappa shape index (κ2) is 10.8. The van der Waals surface area contributed by atoms with Gasteiger partial charge >= 0.3 is 5.97 Å². The highest BCUT2D eigenvalue weighted by Crippen LogP contribution is 2.35. The van der Waals surface area contributed by atoms with Gasteiger partial charge in [-0.1, -0.05) is 11.6 Å². The number of cyclic esters (lactones) is 1. The number of rotatable bonds is 9. The first-order chi connectivity index (χ1) is 16.4. The number of hydrogen-bond donors (Lipinski definition) is 1. The first-order valence-electron chi connectivity index (χ1n) is 11.0. The predicted octanol–water partition coefficient (Wildman–Crippen LogP) is 4.58. The summed E-state index contributed by atoms with van der Waals surface area (Å²) in [4.78, 5) is 22.3. The van der Waals surface area contributed by atoms with Crippen molar-refractivity contribution < 1.29 is 23.4 Å². The molecule has 3 aromatic rings. The number of carbonyl (C=O) groups is 1. The van der Waals surface area contributed by atoms with E-state index in [1.165, 1.54) is 18.5 Å². The van der Waals surface area contributed by atoms with Crippen LogP contribution in [0.3, 0.4) is 0 Å². The van der Waals surface area contributed by atoms with E-state index in [2.05, 4.69) is 20.2 Å². The third kappa shape index (κ3) is 5.84. The van der Waals surface area contributed by atoms with Crippen molar-refractivity contribution in [3.63, 3.8) is 0 Å². The van der Waals surface area contributed by atoms with Crippen molar-refractivity contribution in [1.29, 1.82) is 0 Å². The summed E-state index contributed by atoms with van der Waals surface area (Å²) < 4.78 is 30.2. The lowest BCUT2D eigenvalue weighted by molar-refractivity contribution is -0.157. The number of nitrogens with zero attached hydrogens (tertiary/aromatic N) is 3. The molecule has 34 heavy (non-hydrogen) atoms. The summed E-state index contributed by atoms with van der Waals surface area (Å²) >= 11 is 5.90. The van der Waals surface area contributed by atoms with E-state index in [9.17, 15) is 9.18 Å². The van der Waals surface area contributed by atoms with Crippen molar-refractivity contribution in [2.45, 2.75) is 25.9 Å². The summed E-state index contributed by atoms with van der Waals surface area (Å²) in [5.41, 5.74) is 1.27. The largest absolute Gasteiger partial charge is 0.493 e. The summed E-state index contributed by atoms with van der Waals surface area (Å²) in [6.07, 6.45) is 3.06. The van der Waals surface area contributed by atoms with E-state index in [4.69, 9.17) is 25.8 Å². The van der Waals surface area contributed by atoms with Gasteiger partial charge < -0.3 is 19.5 Å². The number of methoxy groups -OCH3 is 1. The summed E-state index contributed by atoms with van der Waals surface area (Å²) in [5, 5.41) is 3.90. The van der Waals surface area contributed by atoms with E-state index < -0.39 is 5.82 Å². The number of benzene rings is 2. The van der Waals surface area contributed by atoms with Gasteiger partial charge in [-0.15, -0.1) is 0 Å². The Morgan fingerprint density at radius 2 is 2.09 bits per heavy atom. The molecule has 1 aliphatic heterocycles. The molecule has 0 bridgehead atoms. The predicted molar refractivity (Wildman–Crippen MR) is 128 cm³/mol. The lowest BCUT2D eigenvalue weighted by atomic mass is 10.2. The molecule has 1 saturated heterocycles. The number of anilines is 2. The fourth-order valence-corrected chi connectivity index (χ4v) is 4.03. The van der Waals surface area contributed by atoms with Crippen LogP contribution in [0.5, 0.6) is 11.5 Å². The van der Waals surface area contributed by atoms with Gasteiger partial charge in [-0.2, -0.15) is 0 Å². The number of unbranched alkanes of at least 4 members (excludes halogenated alkanes) is 1. The molecule has 1 aliphatic rings. The van der Waals surface area contributed by atoms with Crippen LogP contribution in [-0.4, -0.2) is 60.3 Å². The Balaban J connectivity index is 1.42. The van der Waals surface area contributed by atoms with Crippen molar-refractivity contribution >= 4 is 40.0 Å². The number of ether oxygens (including phenoxy) is 3. The molecule has 4 rings (SSSR count). The number of aromatic nitrogens is 2. The highest BCUT2D eigenvalue weighted by molar-refractivity contribution is 6.31. The van der Waals surface area contributed by atoms with Gasteiger partial charge in [-0.3, -0.25) is 9.69 Å². The Kier molecular flexibility index (Phi) is 7.64. The molecule has 1 unspecified atom stereocenters. The fourth-order valence-electron chi connectivity index (χ4n) is 3.85. The lowest BCUT2D eigenvalue weighted by Gasteiger charge is -2.30. The first-order valence-corrected chi connectivity index (χ1v) is 11.4. The average molecular weight is 489 g/mol. The molecule has 0 amide bonds. The highest BCUT2D eigenvalue weighted by atomic mass is 35.5.